The molecule has 9 nitrogen and oxygen atoms in total. The van der Waals surface area contributed by atoms with E-state index in [0.29, 0.717) is 22.4 Å². The molecule has 0 aliphatic carbocycles. The molecule has 0 atom stereocenters. The molecule has 188 valence electrons. The summed E-state index contributed by atoms with van der Waals surface area (Å²) in [7, 11) is -3.95. The van der Waals surface area contributed by atoms with Crippen LogP contribution in [0.5, 0.6) is 0 Å². The van der Waals surface area contributed by atoms with E-state index in [1.807, 2.05) is 20.8 Å². The van der Waals surface area contributed by atoms with Gasteiger partial charge in [0, 0.05) is 21.9 Å². The third-order valence-corrected chi connectivity index (χ3v) is 7.62. The lowest BCUT2D eigenvalue weighted by Gasteiger charge is -2.14. The Morgan fingerprint density at radius 1 is 0.838 bits per heavy atom. The number of oxazole rings is 1. The number of aromatic nitrogens is 4. The summed E-state index contributed by atoms with van der Waals surface area (Å²) in [6.07, 6.45) is 4.10. The van der Waals surface area contributed by atoms with E-state index < -0.39 is 21.0 Å². The van der Waals surface area contributed by atoms with Crippen LogP contribution in [0.15, 0.2) is 84.9 Å². The summed E-state index contributed by atoms with van der Waals surface area (Å²) >= 11 is 0. The molecule has 0 bridgehead atoms. The predicted molar refractivity (Wildman–Crippen MR) is 139 cm³/mol. The minimum absolute atomic E-state index is 0.00222. The molecule has 0 fully saturated rings. The normalized spacial score (nSPS) is 13.5. The van der Waals surface area contributed by atoms with Gasteiger partial charge in [-0.2, -0.15) is 0 Å². The van der Waals surface area contributed by atoms with E-state index in [2.05, 4.69) is 19.9 Å². The summed E-state index contributed by atoms with van der Waals surface area (Å²) in [5.74, 6) is 0.568. The molecule has 0 aliphatic heterocycles. The molecular formula is C27H24N4O5S. The van der Waals surface area contributed by atoms with Crippen LogP contribution < -0.4 is 21.8 Å². The third kappa shape index (κ3) is 4.47. The van der Waals surface area contributed by atoms with Gasteiger partial charge in [-0.05, 0) is 30.4 Å². The van der Waals surface area contributed by atoms with Crippen molar-refractivity contribution in [3.63, 3.8) is 0 Å². The molecule has 3 heterocycles. The number of fused-ring (bicyclic) bond motifs is 1. The van der Waals surface area contributed by atoms with Crippen molar-refractivity contribution in [3.8, 4) is 0 Å². The van der Waals surface area contributed by atoms with Crippen molar-refractivity contribution in [2.45, 2.75) is 36.1 Å². The van der Waals surface area contributed by atoms with Gasteiger partial charge >= 0.3 is 0 Å². The highest BCUT2D eigenvalue weighted by Crippen LogP contribution is 2.30. The summed E-state index contributed by atoms with van der Waals surface area (Å²) in [4.78, 5) is 38.3. The van der Waals surface area contributed by atoms with Gasteiger partial charge in [-0.25, -0.2) is 13.4 Å². The summed E-state index contributed by atoms with van der Waals surface area (Å²) in [5.41, 5.74) is -0.255. The zero-order valence-corrected chi connectivity index (χ0v) is 21.1. The van der Waals surface area contributed by atoms with Crippen molar-refractivity contribution >= 4 is 32.9 Å². The monoisotopic (exact) mass is 516 g/mol. The van der Waals surface area contributed by atoms with Gasteiger partial charge in [0.1, 0.15) is 27.2 Å². The first-order valence-electron chi connectivity index (χ1n) is 11.5. The largest absolute Gasteiger partial charge is 0.447 e. The lowest BCUT2D eigenvalue weighted by molar-refractivity contribution is 0.407. The van der Waals surface area contributed by atoms with E-state index in [-0.39, 0.29) is 31.6 Å². The predicted octanol–water partition coefficient (Wildman–Crippen LogP) is 2.32. The third-order valence-electron chi connectivity index (χ3n) is 5.86. The van der Waals surface area contributed by atoms with Gasteiger partial charge in [0.15, 0.2) is 6.39 Å². The van der Waals surface area contributed by atoms with Crippen LogP contribution >= 0.6 is 0 Å². The number of hydrogen-bond donors (Lipinski definition) is 3. The topological polar surface area (TPSA) is 142 Å². The Bertz CT molecular complexity index is 1970. The molecule has 0 amide bonds. The standard InChI is InChI=1S/C27H24N4O5S/c1-27(2,3)23-20(28-15-36-23)14-22-25(33)29-21(24(32)30-22)13-18-17-11-7-8-12-19(17)31-26(18)37(34,35)16-9-5-4-6-10-16/h4-15,31H,1-3H3,(H,29,33)(H,30,32). The van der Waals surface area contributed by atoms with Crippen molar-refractivity contribution in [2.75, 3.05) is 0 Å². The fourth-order valence-electron chi connectivity index (χ4n) is 4.11. The Morgan fingerprint density at radius 2 is 1.46 bits per heavy atom. The number of sulfone groups is 1. The number of nitrogens with one attached hydrogen (secondary N) is 3. The second-order valence-corrected chi connectivity index (χ2v) is 11.5. The van der Waals surface area contributed by atoms with Crippen LogP contribution in [0.25, 0.3) is 23.1 Å². The molecule has 0 spiro atoms. The number of rotatable bonds is 4. The Balaban J connectivity index is 1.73. The Labute approximate surface area is 211 Å². The molecule has 0 radical (unpaired) electrons. The Morgan fingerprint density at radius 3 is 2.14 bits per heavy atom. The van der Waals surface area contributed by atoms with Gasteiger partial charge in [0.25, 0.3) is 11.1 Å². The maximum Gasteiger partial charge on any atom is 0.272 e. The van der Waals surface area contributed by atoms with Crippen LogP contribution in [0.2, 0.25) is 0 Å². The average molecular weight is 517 g/mol. The van der Waals surface area contributed by atoms with E-state index in [9.17, 15) is 18.0 Å². The second-order valence-electron chi connectivity index (χ2n) is 9.57. The van der Waals surface area contributed by atoms with E-state index in [1.54, 1.807) is 42.5 Å². The van der Waals surface area contributed by atoms with Crippen molar-refractivity contribution in [1.82, 2.24) is 19.9 Å². The highest BCUT2D eigenvalue weighted by atomic mass is 32.2. The first kappa shape index (κ1) is 24.3. The highest BCUT2D eigenvalue weighted by molar-refractivity contribution is 7.91. The van der Waals surface area contributed by atoms with E-state index >= 15 is 0 Å². The maximum absolute atomic E-state index is 13.5. The lowest BCUT2D eigenvalue weighted by atomic mass is 9.92. The molecule has 5 aromatic rings. The van der Waals surface area contributed by atoms with Crippen LogP contribution in [0.3, 0.4) is 0 Å². The van der Waals surface area contributed by atoms with Crippen molar-refractivity contribution < 1.29 is 12.8 Å². The number of nitrogens with zero attached hydrogens (tertiary/aromatic N) is 1. The number of para-hydroxylation sites is 1. The molecule has 10 heteroatoms. The molecule has 0 aliphatic rings. The smallest absolute Gasteiger partial charge is 0.272 e. The number of hydrogen-bond acceptors (Lipinski definition) is 6. The summed E-state index contributed by atoms with van der Waals surface area (Å²) in [6, 6.07) is 15.0. The fourth-order valence-corrected chi connectivity index (χ4v) is 5.56. The minimum atomic E-state index is -3.95. The summed E-state index contributed by atoms with van der Waals surface area (Å²) in [5, 5.41) is 0.420. The van der Waals surface area contributed by atoms with Crippen LogP contribution in [-0.4, -0.2) is 28.4 Å². The Hall–Kier alpha value is -4.44. The fraction of sp³-hybridized carbons (Fsp3) is 0.148. The van der Waals surface area contributed by atoms with Crippen LogP contribution in [-0.2, 0) is 15.3 Å². The molecule has 0 saturated carbocycles. The van der Waals surface area contributed by atoms with Crippen molar-refractivity contribution in [3.05, 3.63) is 109 Å². The summed E-state index contributed by atoms with van der Waals surface area (Å²) in [6.45, 7) is 5.83. The van der Waals surface area contributed by atoms with Gasteiger partial charge < -0.3 is 19.4 Å². The van der Waals surface area contributed by atoms with E-state index in [1.165, 1.54) is 30.7 Å². The van der Waals surface area contributed by atoms with Crippen molar-refractivity contribution in [2.24, 2.45) is 0 Å². The SMILES string of the molecule is CC(C)(C)c1ocnc1C=c1[nH]c(=O)c(=Cc2c(S(=O)(=O)c3ccccc3)[nH]c3ccccc23)[nH]c1=O. The summed E-state index contributed by atoms with van der Waals surface area (Å²) < 4.78 is 32.4. The van der Waals surface area contributed by atoms with Gasteiger partial charge in [-0.3, -0.25) is 9.59 Å². The molecule has 3 N–H and O–H groups in total. The van der Waals surface area contributed by atoms with Crippen LogP contribution in [0, 0.1) is 0 Å². The molecule has 37 heavy (non-hydrogen) atoms. The first-order chi connectivity index (χ1) is 17.6. The second kappa shape index (κ2) is 8.90. The number of benzene rings is 2. The lowest BCUT2D eigenvalue weighted by Crippen LogP contribution is -2.46. The molecule has 2 aromatic carbocycles. The number of H-pyrrole nitrogens is 3. The minimum Gasteiger partial charge on any atom is -0.447 e. The van der Waals surface area contributed by atoms with Crippen LogP contribution in [0.1, 0.15) is 37.8 Å². The van der Waals surface area contributed by atoms with Crippen molar-refractivity contribution in [1.29, 1.82) is 0 Å². The Kier molecular flexibility index (Phi) is 5.83. The number of aromatic amines is 3. The molecule has 0 saturated heterocycles. The van der Waals surface area contributed by atoms with Gasteiger partial charge in [-0.15, -0.1) is 0 Å². The first-order valence-corrected chi connectivity index (χ1v) is 12.9. The van der Waals surface area contributed by atoms with E-state index in [0.717, 1.165) is 0 Å². The molecular weight excluding hydrogens is 492 g/mol. The molecule has 5 rings (SSSR count). The zero-order valence-electron chi connectivity index (χ0n) is 20.3. The average Bonchev–Trinajstić information content (AvgIpc) is 3.48. The van der Waals surface area contributed by atoms with Crippen LogP contribution in [0.4, 0.5) is 0 Å². The van der Waals surface area contributed by atoms with Gasteiger partial charge in [0.05, 0.1) is 4.90 Å². The maximum atomic E-state index is 13.5. The van der Waals surface area contributed by atoms with E-state index in [4.69, 9.17) is 4.42 Å². The highest BCUT2D eigenvalue weighted by Gasteiger charge is 2.25. The quantitative estimate of drug-likeness (QED) is 0.335. The molecule has 3 aromatic heterocycles. The zero-order chi connectivity index (χ0) is 26.4. The molecule has 0 unspecified atom stereocenters. The van der Waals surface area contributed by atoms with Gasteiger partial charge in [0.2, 0.25) is 9.84 Å². The van der Waals surface area contributed by atoms with Gasteiger partial charge in [-0.1, -0.05) is 57.2 Å².